The molecule has 0 aromatic heterocycles. The van der Waals surface area contributed by atoms with E-state index in [0.717, 1.165) is 51.4 Å². The molecule has 0 bridgehead atoms. The van der Waals surface area contributed by atoms with Crippen LogP contribution in [0.1, 0.15) is 45.7 Å². The Morgan fingerprint density at radius 2 is 1.00 bits per heavy atom. The molecular formula is C44H49Cl2F4N7O5. The van der Waals surface area contributed by atoms with Gasteiger partial charge in [-0.3, -0.25) is 14.6 Å². The lowest BCUT2D eigenvalue weighted by Crippen LogP contribution is -2.52. The van der Waals surface area contributed by atoms with Gasteiger partial charge in [0.05, 0.1) is 42.4 Å². The molecule has 18 heteroatoms. The zero-order valence-corrected chi connectivity index (χ0v) is 36.2. The molecule has 62 heavy (non-hydrogen) atoms. The van der Waals surface area contributed by atoms with Crippen LogP contribution >= 0.6 is 23.2 Å². The first kappa shape index (κ1) is 47.8. The third-order valence-corrected chi connectivity index (χ3v) is 11.3. The van der Waals surface area contributed by atoms with Crippen molar-refractivity contribution in [3.8, 4) is 0 Å². The summed E-state index contributed by atoms with van der Waals surface area (Å²) in [5.74, 6) is -3.52. The van der Waals surface area contributed by atoms with Crippen molar-refractivity contribution >= 4 is 58.4 Å². The van der Waals surface area contributed by atoms with Crippen LogP contribution in [-0.2, 0) is 17.8 Å². The van der Waals surface area contributed by atoms with Gasteiger partial charge in [0.25, 0.3) is 0 Å². The topological polar surface area (TPSA) is 123 Å². The van der Waals surface area contributed by atoms with Gasteiger partial charge >= 0.3 is 18.0 Å². The number of urea groups is 2. The highest BCUT2D eigenvalue weighted by atomic mass is 35.5. The van der Waals surface area contributed by atoms with Crippen molar-refractivity contribution < 1.29 is 41.5 Å². The number of likely N-dealkylation sites (N-methyl/N-ethyl adjacent to an activating group) is 2. The van der Waals surface area contributed by atoms with Crippen LogP contribution in [0, 0.1) is 23.3 Å². The number of benzene rings is 4. The second kappa shape index (κ2) is 22.2. The molecule has 4 amide bonds. The largest absolute Gasteiger partial charge is 0.465 e. The fourth-order valence-corrected chi connectivity index (χ4v) is 7.27. The van der Waals surface area contributed by atoms with Gasteiger partial charge in [0, 0.05) is 80.4 Å². The standard InChI is InChI=1S/C22H25ClF2N4O2.C22H24ClF2N3O3/c1-2-27-7-9-28(10-8-27)22(31)29(17-5-6-19(24)18(23)12-17)14-16-4-3-15(11-20(16)25)21(30)13-26;1-3-26-8-10-27(11-9-26)22(30)28(17-6-7-19(24)18(23)13-17)14-16-5-4-15(12-20(16)25)21(29)31-2/h3-6,11-12H,2,7-10,13-14,26H2,1H3;4-7,12-13H,3,8-11,14H2,1-2H3. The molecular weight excluding hydrogens is 853 g/mol. The fraction of sp³-hybridized carbons (Fsp3) is 0.364. The maximum absolute atomic E-state index is 14.7. The van der Waals surface area contributed by atoms with Crippen LogP contribution in [0.5, 0.6) is 0 Å². The SMILES string of the molecule is CCN1CCN(C(=O)N(Cc2ccc(C(=O)CN)cc2F)c2ccc(F)c(Cl)c2)CC1.CCN1CCN(C(=O)N(Cc2ccc(C(=O)OC)cc2F)c2ccc(F)c(Cl)c2)CC1. The van der Waals surface area contributed by atoms with E-state index in [1.54, 1.807) is 9.80 Å². The van der Waals surface area contributed by atoms with E-state index in [-0.39, 0.29) is 69.8 Å². The molecule has 2 saturated heterocycles. The summed E-state index contributed by atoms with van der Waals surface area (Å²) in [4.78, 5) is 60.6. The lowest BCUT2D eigenvalue weighted by atomic mass is 10.1. The Balaban J connectivity index is 0.000000234. The predicted molar refractivity (Wildman–Crippen MR) is 231 cm³/mol. The van der Waals surface area contributed by atoms with Gasteiger partial charge in [-0.15, -0.1) is 0 Å². The average Bonchev–Trinajstić information content (AvgIpc) is 3.29. The molecule has 0 spiro atoms. The molecule has 0 aliphatic carbocycles. The Morgan fingerprint density at radius 1 is 0.597 bits per heavy atom. The first-order valence-electron chi connectivity index (χ1n) is 20.0. The Kier molecular flexibility index (Phi) is 17.1. The van der Waals surface area contributed by atoms with Crippen LogP contribution in [0.2, 0.25) is 10.0 Å². The van der Waals surface area contributed by atoms with E-state index in [9.17, 15) is 36.7 Å². The van der Waals surface area contributed by atoms with Crippen molar-refractivity contribution in [3.63, 3.8) is 0 Å². The molecule has 0 atom stereocenters. The first-order valence-corrected chi connectivity index (χ1v) is 20.8. The molecule has 0 unspecified atom stereocenters. The molecule has 2 aliphatic heterocycles. The van der Waals surface area contributed by atoms with Crippen molar-refractivity contribution in [1.82, 2.24) is 19.6 Å². The third-order valence-electron chi connectivity index (χ3n) is 10.8. The van der Waals surface area contributed by atoms with Crippen molar-refractivity contribution in [3.05, 3.63) is 128 Å². The highest BCUT2D eigenvalue weighted by Crippen LogP contribution is 2.28. The number of carbonyl (C=O) groups excluding carboxylic acids is 4. The van der Waals surface area contributed by atoms with Gasteiger partial charge in [-0.25, -0.2) is 31.9 Å². The number of methoxy groups -OCH3 is 1. The molecule has 0 radical (unpaired) electrons. The minimum atomic E-state index is -0.655. The lowest BCUT2D eigenvalue weighted by molar-refractivity contribution is 0.0600. The maximum Gasteiger partial charge on any atom is 0.337 e. The molecule has 4 aromatic carbocycles. The molecule has 332 valence electrons. The molecule has 4 aromatic rings. The minimum Gasteiger partial charge on any atom is -0.465 e. The Hall–Kier alpha value is -5.26. The van der Waals surface area contributed by atoms with Crippen molar-refractivity contribution in [2.45, 2.75) is 26.9 Å². The zero-order chi connectivity index (χ0) is 45.1. The number of ether oxygens (including phenoxy) is 1. The number of hydrogen-bond donors (Lipinski definition) is 1. The van der Waals surface area contributed by atoms with Gasteiger partial charge in [-0.05, 0) is 67.7 Å². The fourth-order valence-electron chi connectivity index (χ4n) is 6.92. The van der Waals surface area contributed by atoms with Crippen LogP contribution in [0.15, 0.2) is 72.8 Å². The Labute approximate surface area is 368 Å². The number of halogens is 6. The molecule has 0 saturated carbocycles. The quantitative estimate of drug-likeness (QED) is 0.0925. The second-order valence-electron chi connectivity index (χ2n) is 14.5. The first-order chi connectivity index (χ1) is 29.7. The van der Waals surface area contributed by atoms with E-state index >= 15 is 0 Å². The predicted octanol–water partition coefficient (Wildman–Crippen LogP) is 7.69. The highest BCUT2D eigenvalue weighted by Gasteiger charge is 2.29. The molecule has 2 N–H and O–H groups in total. The van der Waals surface area contributed by atoms with Crippen LogP contribution in [-0.4, -0.2) is 123 Å². The summed E-state index contributed by atoms with van der Waals surface area (Å²) >= 11 is 11.9. The molecule has 2 fully saturated rings. The van der Waals surface area contributed by atoms with E-state index in [2.05, 4.69) is 28.4 Å². The van der Waals surface area contributed by atoms with Gasteiger partial charge in [0.15, 0.2) is 5.78 Å². The normalized spacial score (nSPS) is 14.5. The van der Waals surface area contributed by atoms with Crippen molar-refractivity contribution in [1.29, 1.82) is 0 Å². The minimum absolute atomic E-state index is 0.0714. The van der Waals surface area contributed by atoms with Crippen LogP contribution < -0.4 is 15.5 Å². The van der Waals surface area contributed by atoms with Crippen molar-refractivity contribution in [2.75, 3.05) is 88.9 Å². The van der Waals surface area contributed by atoms with Gasteiger partial charge in [-0.1, -0.05) is 55.2 Å². The molecule has 6 rings (SSSR count). The summed E-state index contributed by atoms with van der Waals surface area (Å²) in [7, 11) is 1.21. The smallest absolute Gasteiger partial charge is 0.337 e. The third kappa shape index (κ3) is 12.0. The summed E-state index contributed by atoms with van der Waals surface area (Å²) < 4.78 is 61.4. The van der Waals surface area contributed by atoms with Crippen LogP contribution in [0.25, 0.3) is 0 Å². The van der Waals surface area contributed by atoms with E-state index in [1.807, 2.05) is 0 Å². The zero-order valence-electron chi connectivity index (χ0n) is 34.7. The Bertz CT molecular complexity index is 2080. The number of esters is 1. The van der Waals surface area contributed by atoms with Crippen LogP contribution in [0.3, 0.4) is 0 Å². The summed E-state index contributed by atoms with van der Waals surface area (Å²) in [5, 5.41) is -0.261. The van der Waals surface area contributed by atoms with E-state index in [0.29, 0.717) is 37.6 Å². The van der Waals surface area contributed by atoms with Gasteiger partial charge in [0.1, 0.15) is 23.3 Å². The van der Waals surface area contributed by atoms with Crippen molar-refractivity contribution in [2.24, 2.45) is 5.73 Å². The number of Topliss-reactive ketones (excluding diaryl/α,β-unsaturated/α-hetero) is 1. The number of ketones is 1. The number of rotatable bonds is 11. The number of nitrogens with zero attached hydrogens (tertiary/aromatic N) is 6. The summed E-state index contributed by atoms with van der Waals surface area (Å²) in [6, 6.07) is 15.3. The van der Waals surface area contributed by atoms with E-state index in [4.69, 9.17) is 28.9 Å². The van der Waals surface area contributed by atoms with E-state index in [1.165, 1.54) is 77.6 Å². The highest BCUT2D eigenvalue weighted by molar-refractivity contribution is 6.31. The van der Waals surface area contributed by atoms with Crippen LogP contribution in [0.4, 0.5) is 38.5 Å². The summed E-state index contributed by atoms with van der Waals surface area (Å²) in [6.45, 7) is 10.6. The van der Waals surface area contributed by atoms with Gasteiger partial charge in [-0.2, -0.15) is 0 Å². The summed E-state index contributed by atoms with van der Waals surface area (Å²) in [6.07, 6.45) is 0. The number of hydrogen-bond acceptors (Lipinski definition) is 8. The summed E-state index contributed by atoms with van der Waals surface area (Å²) in [5.41, 5.74) is 6.71. The number of nitrogens with two attached hydrogens (primary N) is 1. The average molecular weight is 903 g/mol. The lowest BCUT2D eigenvalue weighted by Gasteiger charge is -2.37. The van der Waals surface area contributed by atoms with Gasteiger partial charge in [0.2, 0.25) is 0 Å². The maximum atomic E-state index is 14.7. The van der Waals surface area contributed by atoms with E-state index < -0.39 is 29.2 Å². The second-order valence-corrected chi connectivity index (χ2v) is 15.3. The number of carbonyl (C=O) groups is 4. The monoisotopic (exact) mass is 901 g/mol. The number of amides is 4. The molecule has 2 heterocycles. The number of anilines is 2. The number of piperazine rings is 2. The Morgan fingerprint density at radius 3 is 1.35 bits per heavy atom. The van der Waals surface area contributed by atoms with Gasteiger partial charge < -0.3 is 30.1 Å². The molecule has 2 aliphatic rings. The molecule has 12 nitrogen and oxygen atoms in total.